The summed E-state index contributed by atoms with van der Waals surface area (Å²) in [5, 5.41) is 16.7. The first kappa shape index (κ1) is 19.3. The Morgan fingerprint density at radius 2 is 2.04 bits per heavy atom. The molecule has 1 atom stereocenters. The van der Waals surface area contributed by atoms with Crippen LogP contribution in [0.3, 0.4) is 0 Å². The fourth-order valence-corrected chi connectivity index (χ4v) is 3.61. The van der Waals surface area contributed by atoms with E-state index in [1.165, 1.54) is 0 Å². The molecule has 2 rings (SSSR count). The molecule has 1 aliphatic rings. The Hall–Kier alpha value is -2.04. The third-order valence-electron chi connectivity index (χ3n) is 3.99. The van der Waals surface area contributed by atoms with Crippen molar-refractivity contribution < 1.29 is 18.1 Å². The number of rotatable bonds is 8. The van der Waals surface area contributed by atoms with Gasteiger partial charge >= 0.3 is 0 Å². The molecule has 1 fully saturated rings. The lowest BCUT2D eigenvalue weighted by Crippen LogP contribution is -2.39. The van der Waals surface area contributed by atoms with Gasteiger partial charge in [-0.3, -0.25) is 14.9 Å². The Morgan fingerprint density at radius 3 is 2.64 bits per heavy atom. The quantitative estimate of drug-likeness (QED) is 0.448. The number of piperidine rings is 1. The Morgan fingerprint density at radius 1 is 1.32 bits per heavy atom. The zero-order valence-corrected chi connectivity index (χ0v) is 14.5. The van der Waals surface area contributed by atoms with Crippen LogP contribution < -0.4 is 15.4 Å². The molecule has 1 amide bonds. The first-order valence-corrected chi connectivity index (χ1v) is 9.58. The highest BCUT2D eigenvalue weighted by Gasteiger charge is 2.17. The summed E-state index contributed by atoms with van der Waals surface area (Å²) in [6.45, 7) is 2.44. The van der Waals surface area contributed by atoms with E-state index in [1.807, 2.05) is 0 Å². The highest BCUT2D eigenvalue weighted by Crippen LogP contribution is 2.15. The van der Waals surface area contributed by atoms with Crippen LogP contribution in [-0.2, 0) is 14.8 Å². The van der Waals surface area contributed by atoms with Crippen molar-refractivity contribution in [3.8, 4) is 0 Å². The summed E-state index contributed by atoms with van der Waals surface area (Å²) in [7, 11) is -3.80. The summed E-state index contributed by atoms with van der Waals surface area (Å²) in [5.41, 5.74) is -0.185. The molecule has 3 N–H and O–H groups in total. The molecule has 25 heavy (non-hydrogen) atoms. The van der Waals surface area contributed by atoms with Crippen LogP contribution >= 0.6 is 0 Å². The average Bonchev–Trinajstić information content (AvgIpc) is 2.61. The van der Waals surface area contributed by atoms with Gasteiger partial charge in [0, 0.05) is 31.6 Å². The van der Waals surface area contributed by atoms with Gasteiger partial charge in [0.1, 0.15) is 0 Å². The van der Waals surface area contributed by atoms with Crippen LogP contribution in [0.1, 0.15) is 19.3 Å². The number of nitrogens with one attached hydrogen (secondary N) is 3. The lowest BCUT2D eigenvalue weighted by molar-refractivity contribution is -0.384. The lowest BCUT2D eigenvalue weighted by atomic mass is 10.00. The number of nitro groups is 1. The van der Waals surface area contributed by atoms with E-state index in [-0.39, 0.29) is 29.5 Å². The van der Waals surface area contributed by atoms with Crippen LogP contribution in [0.25, 0.3) is 0 Å². The van der Waals surface area contributed by atoms with Crippen LogP contribution in [-0.4, -0.2) is 45.4 Å². The predicted octanol–water partition coefficient (Wildman–Crippen LogP) is 0.379. The normalized spacial score (nSPS) is 17.8. The molecule has 1 aliphatic heterocycles. The van der Waals surface area contributed by atoms with E-state index >= 15 is 0 Å². The van der Waals surface area contributed by atoms with E-state index in [0.717, 1.165) is 50.2 Å². The van der Waals surface area contributed by atoms with Gasteiger partial charge < -0.3 is 10.6 Å². The molecule has 0 aliphatic carbocycles. The van der Waals surface area contributed by atoms with E-state index < -0.39 is 14.9 Å². The number of hydrogen-bond acceptors (Lipinski definition) is 6. The monoisotopic (exact) mass is 370 g/mol. The van der Waals surface area contributed by atoms with Crippen LogP contribution in [0.2, 0.25) is 0 Å². The highest BCUT2D eigenvalue weighted by molar-refractivity contribution is 7.89. The molecule has 0 aromatic heterocycles. The van der Waals surface area contributed by atoms with Gasteiger partial charge in [0.05, 0.1) is 9.82 Å². The van der Waals surface area contributed by atoms with Crippen molar-refractivity contribution in [1.82, 2.24) is 15.4 Å². The smallest absolute Gasteiger partial charge is 0.269 e. The molecule has 1 aromatic carbocycles. The lowest BCUT2D eigenvalue weighted by Gasteiger charge is -2.22. The molecule has 0 spiro atoms. The average molecular weight is 370 g/mol. The van der Waals surface area contributed by atoms with Gasteiger partial charge in [-0.15, -0.1) is 0 Å². The van der Waals surface area contributed by atoms with E-state index in [2.05, 4.69) is 15.4 Å². The van der Waals surface area contributed by atoms with E-state index in [9.17, 15) is 23.3 Å². The van der Waals surface area contributed by atoms with Crippen LogP contribution in [0.15, 0.2) is 29.2 Å². The van der Waals surface area contributed by atoms with Gasteiger partial charge in [0.2, 0.25) is 15.9 Å². The number of sulfonamides is 1. The maximum absolute atomic E-state index is 12.1. The zero-order chi connectivity index (χ0) is 18.3. The van der Waals surface area contributed by atoms with Gasteiger partial charge in [0.15, 0.2) is 0 Å². The van der Waals surface area contributed by atoms with Gasteiger partial charge in [-0.1, -0.05) is 0 Å². The minimum atomic E-state index is -3.80. The summed E-state index contributed by atoms with van der Waals surface area (Å²) in [6, 6.07) is 4.58. The first-order valence-electron chi connectivity index (χ1n) is 8.10. The van der Waals surface area contributed by atoms with Gasteiger partial charge in [0.25, 0.3) is 5.69 Å². The number of non-ortho nitro benzene ring substituents is 1. The summed E-state index contributed by atoms with van der Waals surface area (Å²) >= 11 is 0. The SMILES string of the molecule is O=C(CCNS(=O)(=O)c1ccc([N+](=O)[O-])cc1)NCC1CCCNC1. The Kier molecular flexibility index (Phi) is 6.85. The number of amides is 1. The minimum absolute atomic E-state index is 0.0337. The van der Waals surface area contributed by atoms with E-state index in [0.29, 0.717) is 12.5 Å². The van der Waals surface area contributed by atoms with E-state index in [1.54, 1.807) is 0 Å². The first-order chi connectivity index (χ1) is 11.9. The second-order valence-corrected chi connectivity index (χ2v) is 7.68. The van der Waals surface area contributed by atoms with Crippen molar-refractivity contribution >= 4 is 21.6 Å². The topological polar surface area (TPSA) is 130 Å². The standard InChI is InChI=1S/C15H22N4O5S/c20-15(17-11-12-2-1-8-16-10-12)7-9-18-25(23,24)14-5-3-13(4-6-14)19(21)22/h3-6,12,16,18H,1-2,7-11H2,(H,17,20). The van der Waals surface area contributed by atoms with Gasteiger partial charge in [-0.2, -0.15) is 0 Å². The number of carbonyl (C=O) groups excluding carboxylic acids is 1. The minimum Gasteiger partial charge on any atom is -0.356 e. The second kappa shape index (κ2) is 8.88. The molecule has 138 valence electrons. The van der Waals surface area contributed by atoms with Crippen molar-refractivity contribution in [2.24, 2.45) is 5.92 Å². The van der Waals surface area contributed by atoms with Crippen molar-refractivity contribution in [3.05, 3.63) is 34.4 Å². The maximum atomic E-state index is 12.1. The van der Waals surface area contributed by atoms with Crippen LogP contribution in [0, 0.1) is 16.0 Å². The van der Waals surface area contributed by atoms with Crippen LogP contribution in [0.5, 0.6) is 0 Å². The maximum Gasteiger partial charge on any atom is 0.269 e. The summed E-state index contributed by atoms with van der Waals surface area (Å²) in [5.74, 6) is 0.200. The van der Waals surface area contributed by atoms with Crippen molar-refractivity contribution in [2.45, 2.75) is 24.2 Å². The molecule has 0 saturated carbocycles. The summed E-state index contributed by atoms with van der Waals surface area (Å²) in [4.78, 5) is 21.7. The molecule has 1 heterocycles. The van der Waals surface area contributed by atoms with Crippen molar-refractivity contribution in [1.29, 1.82) is 0 Å². The van der Waals surface area contributed by atoms with Gasteiger partial charge in [-0.05, 0) is 44.0 Å². The largest absolute Gasteiger partial charge is 0.356 e. The third-order valence-corrected chi connectivity index (χ3v) is 5.47. The molecule has 1 saturated heterocycles. The van der Waals surface area contributed by atoms with Gasteiger partial charge in [-0.25, -0.2) is 13.1 Å². The molecule has 0 bridgehead atoms. The Labute approximate surface area is 146 Å². The number of nitrogens with zero attached hydrogens (tertiary/aromatic N) is 1. The number of carbonyl (C=O) groups is 1. The predicted molar refractivity (Wildman–Crippen MR) is 91.5 cm³/mol. The zero-order valence-electron chi connectivity index (χ0n) is 13.7. The molecule has 9 nitrogen and oxygen atoms in total. The summed E-state index contributed by atoms with van der Waals surface area (Å²) in [6.07, 6.45) is 2.20. The molecule has 1 unspecified atom stereocenters. The molecule has 0 radical (unpaired) electrons. The number of nitro benzene ring substituents is 1. The molecular weight excluding hydrogens is 348 g/mol. The second-order valence-electron chi connectivity index (χ2n) is 5.92. The van der Waals surface area contributed by atoms with Crippen molar-refractivity contribution in [2.75, 3.05) is 26.2 Å². The Balaban J connectivity index is 1.75. The molecule has 1 aromatic rings. The fraction of sp³-hybridized carbons (Fsp3) is 0.533. The number of hydrogen-bond donors (Lipinski definition) is 3. The van der Waals surface area contributed by atoms with Crippen molar-refractivity contribution in [3.63, 3.8) is 0 Å². The highest BCUT2D eigenvalue weighted by atomic mass is 32.2. The third kappa shape index (κ3) is 6.07. The summed E-state index contributed by atoms with van der Waals surface area (Å²) < 4.78 is 26.5. The molecule has 10 heteroatoms. The molecular formula is C15H22N4O5S. The number of benzene rings is 1. The Bertz CT molecular complexity index is 699. The van der Waals surface area contributed by atoms with E-state index in [4.69, 9.17) is 0 Å². The van der Waals surface area contributed by atoms with Crippen LogP contribution in [0.4, 0.5) is 5.69 Å². The fourth-order valence-electron chi connectivity index (χ4n) is 2.57.